The molecule has 0 radical (unpaired) electrons. The zero-order valence-corrected chi connectivity index (χ0v) is 15.7. The van der Waals surface area contributed by atoms with E-state index in [0.717, 1.165) is 30.4 Å². The Morgan fingerprint density at radius 1 is 0.778 bits per heavy atom. The van der Waals surface area contributed by atoms with Crippen molar-refractivity contribution in [2.75, 3.05) is 26.2 Å². The van der Waals surface area contributed by atoms with Crippen molar-refractivity contribution in [3.63, 3.8) is 0 Å². The number of hydrogen-bond acceptors (Lipinski definition) is 3. The summed E-state index contributed by atoms with van der Waals surface area (Å²) in [4.78, 5) is 29.8. The lowest BCUT2D eigenvalue weighted by Crippen LogP contribution is -2.47. The van der Waals surface area contributed by atoms with E-state index in [-0.39, 0.29) is 11.8 Å². The molecule has 27 heavy (non-hydrogen) atoms. The van der Waals surface area contributed by atoms with E-state index in [1.807, 2.05) is 36.4 Å². The van der Waals surface area contributed by atoms with E-state index in [1.54, 1.807) is 0 Å². The Morgan fingerprint density at radius 2 is 1.37 bits per heavy atom. The average Bonchev–Trinajstić information content (AvgIpc) is 3.15. The second kappa shape index (κ2) is 6.45. The summed E-state index contributed by atoms with van der Waals surface area (Å²) >= 11 is 0. The summed E-state index contributed by atoms with van der Waals surface area (Å²) in [6.45, 7) is 3.46. The van der Waals surface area contributed by atoms with E-state index in [1.165, 1.54) is 43.4 Å². The smallest absolute Gasteiger partial charge is 0.261 e. The maximum absolute atomic E-state index is 13.0. The van der Waals surface area contributed by atoms with Crippen LogP contribution in [0.25, 0.3) is 10.8 Å². The van der Waals surface area contributed by atoms with E-state index in [0.29, 0.717) is 23.1 Å². The number of imide groups is 1. The van der Waals surface area contributed by atoms with Gasteiger partial charge in [0.2, 0.25) is 0 Å². The summed E-state index contributed by atoms with van der Waals surface area (Å²) in [5.74, 6) is -0.290. The molecule has 2 aliphatic heterocycles. The van der Waals surface area contributed by atoms with E-state index in [2.05, 4.69) is 4.90 Å². The average molecular weight is 362 g/mol. The van der Waals surface area contributed by atoms with E-state index in [9.17, 15) is 9.59 Å². The first-order valence-electron chi connectivity index (χ1n) is 10.3. The molecule has 0 unspecified atom stereocenters. The predicted molar refractivity (Wildman–Crippen MR) is 106 cm³/mol. The first-order chi connectivity index (χ1) is 13.2. The van der Waals surface area contributed by atoms with Gasteiger partial charge in [-0.15, -0.1) is 0 Å². The van der Waals surface area contributed by atoms with Gasteiger partial charge in [-0.2, -0.15) is 0 Å². The molecule has 2 fully saturated rings. The molecule has 0 atom stereocenters. The molecule has 4 heteroatoms. The molecule has 1 saturated heterocycles. The fraction of sp³-hybridized carbons (Fsp3) is 0.478. The minimum absolute atomic E-state index is 0.145. The number of likely N-dealkylation sites (tertiary alicyclic amines) is 1. The van der Waals surface area contributed by atoms with Gasteiger partial charge in [0.1, 0.15) is 0 Å². The van der Waals surface area contributed by atoms with Crippen LogP contribution in [0.4, 0.5) is 0 Å². The first-order valence-corrected chi connectivity index (χ1v) is 10.3. The van der Waals surface area contributed by atoms with Crippen LogP contribution < -0.4 is 0 Å². The minimum Gasteiger partial charge on any atom is -0.302 e. The third kappa shape index (κ3) is 2.78. The standard InChI is InChI=1S/C23H26N2O2/c26-21-18-7-3-5-17-6-4-8-19(20(17)18)22(27)25(21)16-15-24-13-11-23(12-14-24)9-1-2-10-23/h3-8H,1-2,9-16H2. The van der Waals surface area contributed by atoms with Gasteiger partial charge < -0.3 is 4.90 Å². The fourth-order valence-electron chi connectivity index (χ4n) is 5.40. The molecule has 3 aliphatic rings. The van der Waals surface area contributed by atoms with Crippen LogP contribution in [0.2, 0.25) is 0 Å². The van der Waals surface area contributed by atoms with Gasteiger partial charge in [0.15, 0.2) is 0 Å². The van der Waals surface area contributed by atoms with Crippen LogP contribution in [-0.2, 0) is 0 Å². The first kappa shape index (κ1) is 16.9. The number of hydrogen-bond donors (Lipinski definition) is 0. The zero-order chi connectivity index (χ0) is 18.4. The highest BCUT2D eigenvalue weighted by Gasteiger charge is 2.37. The molecule has 0 bridgehead atoms. The third-order valence-electron chi connectivity index (χ3n) is 7.08. The van der Waals surface area contributed by atoms with Crippen LogP contribution in [0.15, 0.2) is 36.4 Å². The van der Waals surface area contributed by atoms with Gasteiger partial charge in [0.25, 0.3) is 11.8 Å². The van der Waals surface area contributed by atoms with Crippen LogP contribution in [0, 0.1) is 5.41 Å². The highest BCUT2D eigenvalue weighted by atomic mass is 16.2. The monoisotopic (exact) mass is 362 g/mol. The second-order valence-electron chi connectivity index (χ2n) is 8.52. The van der Waals surface area contributed by atoms with Crippen LogP contribution in [0.1, 0.15) is 59.2 Å². The van der Waals surface area contributed by atoms with Crippen molar-refractivity contribution in [2.24, 2.45) is 5.41 Å². The highest BCUT2D eigenvalue weighted by Crippen LogP contribution is 2.46. The predicted octanol–water partition coefficient (Wildman–Crippen LogP) is 4.09. The molecule has 5 rings (SSSR count). The van der Waals surface area contributed by atoms with Crippen LogP contribution in [0.5, 0.6) is 0 Å². The maximum Gasteiger partial charge on any atom is 0.261 e. The Kier molecular flexibility index (Phi) is 4.05. The zero-order valence-electron chi connectivity index (χ0n) is 15.7. The largest absolute Gasteiger partial charge is 0.302 e. The number of nitrogens with zero attached hydrogens (tertiary/aromatic N) is 2. The number of carbonyl (C=O) groups excluding carboxylic acids is 2. The number of piperidine rings is 1. The molecule has 1 spiro atoms. The molecule has 4 nitrogen and oxygen atoms in total. The van der Waals surface area contributed by atoms with Gasteiger partial charge in [0.05, 0.1) is 0 Å². The van der Waals surface area contributed by atoms with E-state index in [4.69, 9.17) is 0 Å². The lowest BCUT2D eigenvalue weighted by molar-refractivity contribution is 0.0557. The van der Waals surface area contributed by atoms with Gasteiger partial charge in [-0.1, -0.05) is 37.1 Å². The molecule has 140 valence electrons. The summed E-state index contributed by atoms with van der Waals surface area (Å²) in [7, 11) is 0. The van der Waals surface area contributed by atoms with Crippen molar-refractivity contribution in [1.82, 2.24) is 9.80 Å². The molecule has 1 saturated carbocycles. The molecule has 2 aromatic rings. The Labute approximate surface area is 160 Å². The Balaban J connectivity index is 1.31. The van der Waals surface area contributed by atoms with Crippen LogP contribution >= 0.6 is 0 Å². The Hall–Kier alpha value is -2.20. The number of amides is 2. The Morgan fingerprint density at radius 3 is 1.96 bits per heavy atom. The topological polar surface area (TPSA) is 40.6 Å². The maximum atomic E-state index is 13.0. The van der Waals surface area contributed by atoms with Crippen molar-refractivity contribution in [3.05, 3.63) is 47.5 Å². The fourth-order valence-corrected chi connectivity index (χ4v) is 5.40. The molecule has 0 N–H and O–H groups in total. The lowest BCUT2D eigenvalue weighted by Gasteiger charge is -2.40. The molecule has 0 aromatic heterocycles. The third-order valence-corrected chi connectivity index (χ3v) is 7.08. The number of benzene rings is 2. The van der Waals surface area contributed by atoms with Crippen molar-refractivity contribution in [1.29, 1.82) is 0 Å². The van der Waals surface area contributed by atoms with Crippen molar-refractivity contribution in [3.8, 4) is 0 Å². The summed E-state index contributed by atoms with van der Waals surface area (Å²) < 4.78 is 0. The number of carbonyl (C=O) groups is 2. The molecular weight excluding hydrogens is 336 g/mol. The molecule has 1 aliphatic carbocycles. The molecule has 2 aromatic carbocycles. The molecule has 2 amide bonds. The van der Waals surface area contributed by atoms with Gasteiger partial charge in [-0.3, -0.25) is 14.5 Å². The van der Waals surface area contributed by atoms with Crippen LogP contribution in [0.3, 0.4) is 0 Å². The highest BCUT2D eigenvalue weighted by molar-refractivity contribution is 6.25. The molecular formula is C23H26N2O2. The Bertz CT molecular complexity index is 853. The SMILES string of the molecule is O=C1c2cccc3cccc(c23)C(=O)N1CCN1CCC2(CCCC2)CC1. The normalized spacial score (nSPS) is 22.1. The summed E-state index contributed by atoms with van der Waals surface area (Å²) in [6, 6.07) is 11.4. The van der Waals surface area contributed by atoms with E-state index >= 15 is 0 Å². The van der Waals surface area contributed by atoms with Crippen molar-refractivity contribution < 1.29 is 9.59 Å². The van der Waals surface area contributed by atoms with Gasteiger partial charge in [-0.25, -0.2) is 0 Å². The molecule has 2 heterocycles. The van der Waals surface area contributed by atoms with Crippen LogP contribution in [-0.4, -0.2) is 47.8 Å². The quantitative estimate of drug-likeness (QED) is 0.772. The second-order valence-corrected chi connectivity index (χ2v) is 8.52. The van der Waals surface area contributed by atoms with Crippen molar-refractivity contribution in [2.45, 2.75) is 38.5 Å². The van der Waals surface area contributed by atoms with E-state index < -0.39 is 0 Å². The minimum atomic E-state index is -0.145. The summed E-state index contributed by atoms with van der Waals surface area (Å²) in [6.07, 6.45) is 8.12. The van der Waals surface area contributed by atoms with Crippen molar-refractivity contribution >= 4 is 22.6 Å². The van der Waals surface area contributed by atoms with Gasteiger partial charge in [0, 0.05) is 29.6 Å². The van der Waals surface area contributed by atoms with Gasteiger partial charge in [-0.05, 0) is 61.7 Å². The number of rotatable bonds is 3. The summed E-state index contributed by atoms with van der Waals surface area (Å²) in [5.41, 5.74) is 1.92. The lowest BCUT2D eigenvalue weighted by atomic mass is 9.77. The summed E-state index contributed by atoms with van der Waals surface area (Å²) in [5, 5.41) is 1.77. The van der Waals surface area contributed by atoms with Gasteiger partial charge >= 0.3 is 0 Å².